The Labute approximate surface area is 114 Å². The van der Waals surface area contributed by atoms with E-state index in [9.17, 15) is 9.59 Å². The van der Waals surface area contributed by atoms with Gasteiger partial charge >= 0.3 is 0 Å². The summed E-state index contributed by atoms with van der Waals surface area (Å²) in [7, 11) is 0. The minimum Gasteiger partial charge on any atom is -0.370 e. The van der Waals surface area contributed by atoms with Crippen molar-refractivity contribution in [3.63, 3.8) is 0 Å². The second kappa shape index (κ2) is 6.38. The Morgan fingerprint density at radius 2 is 1.56 bits per heavy atom. The molecule has 1 atom stereocenters. The molecule has 2 rings (SSSR count). The first-order valence-electron chi connectivity index (χ1n) is 6.39. The zero-order valence-electron chi connectivity index (χ0n) is 10.5. The van der Waals surface area contributed by atoms with Crippen molar-refractivity contribution < 1.29 is 9.59 Å². The van der Waals surface area contributed by atoms with Crippen molar-refractivity contribution in [3.05, 3.63) is 0 Å². The van der Waals surface area contributed by atoms with Gasteiger partial charge in [-0.3, -0.25) is 9.59 Å². The van der Waals surface area contributed by atoms with Gasteiger partial charge in [0, 0.05) is 13.1 Å². The van der Waals surface area contributed by atoms with E-state index in [0.29, 0.717) is 11.8 Å². The molecule has 104 valence electrons. The maximum atomic E-state index is 12.1. The van der Waals surface area contributed by atoms with Crippen molar-refractivity contribution in [3.8, 4) is 0 Å². The van der Waals surface area contributed by atoms with Gasteiger partial charge in [-0.15, -0.1) is 12.4 Å². The molecule has 2 saturated carbocycles. The van der Waals surface area contributed by atoms with Gasteiger partial charge in [0.15, 0.2) is 0 Å². The smallest absolute Gasteiger partial charge is 0.240 e. The third-order valence-electron chi connectivity index (χ3n) is 3.40. The topological polar surface area (TPSA) is 89.4 Å². The van der Waals surface area contributed by atoms with Gasteiger partial charge in [0.25, 0.3) is 0 Å². The molecule has 0 aromatic carbocycles. The largest absolute Gasteiger partial charge is 0.370 e. The zero-order chi connectivity index (χ0) is 12.4. The number of nitrogens with two attached hydrogens (primary N) is 2. The van der Waals surface area contributed by atoms with Crippen LogP contribution in [0.3, 0.4) is 0 Å². The Balaban J connectivity index is 0.00000162. The van der Waals surface area contributed by atoms with E-state index in [1.165, 1.54) is 25.7 Å². The number of nitrogens with zero attached hydrogens (tertiary/aromatic N) is 1. The summed E-state index contributed by atoms with van der Waals surface area (Å²) in [4.78, 5) is 24.7. The second-order valence-corrected chi connectivity index (χ2v) is 5.41. The van der Waals surface area contributed by atoms with Gasteiger partial charge in [-0.2, -0.15) is 0 Å². The van der Waals surface area contributed by atoms with E-state index >= 15 is 0 Å². The predicted octanol–water partition coefficient (Wildman–Crippen LogP) is 0.259. The maximum absolute atomic E-state index is 12.1. The Morgan fingerprint density at radius 3 is 1.89 bits per heavy atom. The van der Waals surface area contributed by atoms with Crippen molar-refractivity contribution in [2.45, 2.75) is 38.1 Å². The van der Waals surface area contributed by atoms with Crippen molar-refractivity contribution in [1.82, 2.24) is 4.90 Å². The van der Waals surface area contributed by atoms with Crippen LogP contribution in [-0.4, -0.2) is 35.8 Å². The number of hydrogen-bond donors (Lipinski definition) is 2. The average Bonchev–Trinajstić information content (AvgIpc) is 3.08. The molecule has 5 nitrogen and oxygen atoms in total. The van der Waals surface area contributed by atoms with Crippen molar-refractivity contribution in [2.24, 2.45) is 23.3 Å². The molecule has 4 N–H and O–H groups in total. The minimum atomic E-state index is -0.759. The van der Waals surface area contributed by atoms with Crippen molar-refractivity contribution in [2.75, 3.05) is 13.1 Å². The Morgan fingerprint density at radius 1 is 1.11 bits per heavy atom. The van der Waals surface area contributed by atoms with Crippen LogP contribution in [0.1, 0.15) is 32.1 Å². The van der Waals surface area contributed by atoms with Gasteiger partial charge in [-0.25, -0.2) is 0 Å². The number of halogens is 1. The molecule has 0 aliphatic heterocycles. The summed E-state index contributed by atoms with van der Waals surface area (Å²) in [6.45, 7) is 1.61. The third-order valence-corrected chi connectivity index (χ3v) is 3.40. The monoisotopic (exact) mass is 275 g/mol. The lowest BCUT2D eigenvalue weighted by Crippen LogP contribution is -2.47. The molecule has 0 aromatic rings. The first kappa shape index (κ1) is 15.2. The summed E-state index contributed by atoms with van der Waals surface area (Å²) in [6, 6.07) is -0.759. The molecule has 0 bridgehead atoms. The van der Waals surface area contributed by atoms with E-state index in [-0.39, 0.29) is 24.7 Å². The molecule has 0 saturated heterocycles. The van der Waals surface area contributed by atoms with E-state index in [4.69, 9.17) is 11.5 Å². The molecule has 18 heavy (non-hydrogen) atoms. The Kier molecular flexibility index (Phi) is 5.41. The highest BCUT2D eigenvalue weighted by Gasteiger charge is 2.33. The maximum Gasteiger partial charge on any atom is 0.240 e. The van der Waals surface area contributed by atoms with Crippen LogP contribution in [0.4, 0.5) is 0 Å². The summed E-state index contributed by atoms with van der Waals surface area (Å²) in [5.41, 5.74) is 10.8. The summed E-state index contributed by atoms with van der Waals surface area (Å²) in [5.74, 6) is 0.684. The molecule has 2 amide bonds. The summed E-state index contributed by atoms with van der Waals surface area (Å²) >= 11 is 0. The Hall–Kier alpha value is -0.810. The lowest BCUT2D eigenvalue weighted by molar-refractivity contribution is -0.135. The summed E-state index contributed by atoms with van der Waals surface area (Å²) < 4.78 is 0. The quantitative estimate of drug-likeness (QED) is 0.698. The highest BCUT2D eigenvalue weighted by atomic mass is 35.5. The molecule has 0 heterocycles. The molecular weight excluding hydrogens is 254 g/mol. The van der Waals surface area contributed by atoms with Gasteiger partial charge in [0.2, 0.25) is 11.8 Å². The number of rotatable bonds is 7. The van der Waals surface area contributed by atoms with Crippen LogP contribution in [0.15, 0.2) is 0 Å². The van der Waals surface area contributed by atoms with Crippen LogP contribution < -0.4 is 11.5 Å². The summed E-state index contributed by atoms with van der Waals surface area (Å²) in [5, 5.41) is 0. The van der Waals surface area contributed by atoms with E-state index in [1.807, 2.05) is 4.90 Å². The molecule has 0 radical (unpaired) electrons. The number of carbonyl (C=O) groups excluding carboxylic acids is 2. The molecule has 0 aromatic heterocycles. The van der Waals surface area contributed by atoms with E-state index in [1.54, 1.807) is 0 Å². The molecule has 2 fully saturated rings. The lowest BCUT2D eigenvalue weighted by Gasteiger charge is -2.25. The van der Waals surface area contributed by atoms with E-state index in [2.05, 4.69) is 0 Å². The van der Waals surface area contributed by atoms with E-state index in [0.717, 1.165) is 13.1 Å². The van der Waals surface area contributed by atoms with Crippen LogP contribution in [0.25, 0.3) is 0 Å². The van der Waals surface area contributed by atoms with Crippen molar-refractivity contribution in [1.29, 1.82) is 0 Å². The van der Waals surface area contributed by atoms with Crippen LogP contribution in [-0.2, 0) is 9.59 Å². The highest BCUT2D eigenvalue weighted by molar-refractivity contribution is 5.87. The highest BCUT2D eigenvalue weighted by Crippen LogP contribution is 2.33. The third kappa shape index (κ3) is 4.82. The Bertz CT molecular complexity index is 302. The SMILES string of the molecule is Cl.NC(=O)CC(N)C(=O)N(CC1CC1)CC1CC1. The first-order chi connectivity index (χ1) is 8.06. The summed E-state index contributed by atoms with van der Waals surface area (Å²) in [6.07, 6.45) is 4.78. The number of amides is 2. The fourth-order valence-electron chi connectivity index (χ4n) is 2.02. The standard InChI is InChI=1S/C12H21N3O2.ClH/c13-10(5-11(14)16)12(17)15(6-8-1-2-8)7-9-3-4-9;/h8-10H,1-7,13H2,(H2,14,16);1H. The average molecular weight is 276 g/mol. The van der Waals surface area contributed by atoms with Crippen LogP contribution in [0.5, 0.6) is 0 Å². The fraction of sp³-hybridized carbons (Fsp3) is 0.833. The van der Waals surface area contributed by atoms with Gasteiger partial charge in [-0.1, -0.05) is 0 Å². The number of hydrogen-bond acceptors (Lipinski definition) is 3. The van der Waals surface area contributed by atoms with Crippen LogP contribution in [0.2, 0.25) is 0 Å². The van der Waals surface area contributed by atoms with Gasteiger partial charge in [-0.05, 0) is 37.5 Å². The van der Waals surface area contributed by atoms with Gasteiger partial charge < -0.3 is 16.4 Å². The minimum absolute atomic E-state index is 0. The first-order valence-corrected chi connectivity index (χ1v) is 6.39. The predicted molar refractivity (Wildman–Crippen MR) is 71.1 cm³/mol. The number of primary amides is 1. The van der Waals surface area contributed by atoms with Gasteiger partial charge in [0.05, 0.1) is 12.5 Å². The molecule has 2 aliphatic rings. The molecular formula is C12H22ClN3O2. The van der Waals surface area contributed by atoms with Crippen LogP contribution in [0, 0.1) is 11.8 Å². The van der Waals surface area contributed by atoms with E-state index < -0.39 is 11.9 Å². The number of carbonyl (C=O) groups is 2. The van der Waals surface area contributed by atoms with Crippen molar-refractivity contribution >= 4 is 24.2 Å². The molecule has 2 aliphatic carbocycles. The molecule has 6 heteroatoms. The lowest BCUT2D eigenvalue weighted by atomic mass is 10.1. The van der Waals surface area contributed by atoms with Crippen LogP contribution >= 0.6 is 12.4 Å². The molecule has 1 unspecified atom stereocenters. The fourth-order valence-corrected chi connectivity index (χ4v) is 2.02. The van der Waals surface area contributed by atoms with Gasteiger partial charge in [0.1, 0.15) is 0 Å². The second-order valence-electron chi connectivity index (χ2n) is 5.41. The zero-order valence-corrected chi connectivity index (χ0v) is 11.3. The molecule has 0 spiro atoms. The normalized spacial score (nSPS) is 19.8.